The molecule has 5 heteroatoms. The Morgan fingerprint density at radius 1 is 1.20 bits per heavy atom. The van der Waals surface area contributed by atoms with Crippen LogP contribution in [0, 0.1) is 0 Å². The summed E-state index contributed by atoms with van der Waals surface area (Å²) in [7, 11) is 1.77. The Balaban J connectivity index is 2.09. The van der Waals surface area contributed by atoms with Gasteiger partial charge in [0.25, 0.3) is 0 Å². The van der Waals surface area contributed by atoms with Gasteiger partial charge in [-0.3, -0.25) is 0 Å². The highest BCUT2D eigenvalue weighted by Gasteiger charge is 2.05. The largest absolute Gasteiger partial charge is 0.357 e. The average Bonchev–Trinajstić information content (AvgIpc) is 2.49. The first kappa shape index (κ1) is 14.6. The van der Waals surface area contributed by atoms with Gasteiger partial charge in [0.15, 0.2) is 5.82 Å². The molecule has 0 radical (unpaired) electrons. The van der Waals surface area contributed by atoms with Crippen LogP contribution in [0.25, 0.3) is 0 Å². The zero-order valence-electron chi connectivity index (χ0n) is 11.8. The summed E-state index contributed by atoms with van der Waals surface area (Å²) in [5, 5.41) is 6.60. The highest BCUT2D eigenvalue weighted by atomic mass is 35.5. The number of hydrogen-bond donors (Lipinski definition) is 2. The predicted molar refractivity (Wildman–Crippen MR) is 84.9 cm³/mol. The highest BCUT2D eigenvalue weighted by Crippen LogP contribution is 2.23. The summed E-state index contributed by atoms with van der Waals surface area (Å²) in [6, 6.07) is 8.35. The lowest BCUT2D eigenvalue weighted by Gasteiger charge is -2.09. The fraction of sp³-hybridized carbons (Fsp3) is 0.333. The first-order valence-corrected chi connectivity index (χ1v) is 7.17. The standard InChI is InChI=1S/C15H19ClN4/c1-3-4-5-11-6-8-12(9-7-11)19-14-13(16)10-18-15(17-2)20-14/h6-10H,3-5H2,1-2H3,(H2,17,18,19,20). The number of benzene rings is 1. The first-order valence-electron chi connectivity index (χ1n) is 6.79. The molecule has 0 bridgehead atoms. The monoisotopic (exact) mass is 290 g/mol. The molecule has 0 aliphatic carbocycles. The fourth-order valence-corrected chi connectivity index (χ4v) is 1.99. The molecule has 0 atom stereocenters. The van der Waals surface area contributed by atoms with E-state index in [1.807, 2.05) is 12.1 Å². The first-order chi connectivity index (χ1) is 9.72. The minimum Gasteiger partial charge on any atom is -0.357 e. The topological polar surface area (TPSA) is 49.8 Å². The maximum Gasteiger partial charge on any atom is 0.224 e. The van der Waals surface area contributed by atoms with Crippen LogP contribution < -0.4 is 10.6 Å². The number of nitrogens with one attached hydrogen (secondary N) is 2. The molecule has 0 fully saturated rings. The van der Waals surface area contributed by atoms with Crippen LogP contribution in [-0.4, -0.2) is 17.0 Å². The minimum absolute atomic E-state index is 0.499. The second-order valence-corrected chi connectivity index (χ2v) is 4.97. The lowest BCUT2D eigenvalue weighted by Crippen LogP contribution is -2.01. The van der Waals surface area contributed by atoms with Crippen molar-refractivity contribution >= 4 is 29.1 Å². The van der Waals surface area contributed by atoms with Crippen LogP contribution in [0.3, 0.4) is 0 Å². The van der Waals surface area contributed by atoms with E-state index in [1.54, 1.807) is 13.2 Å². The van der Waals surface area contributed by atoms with Gasteiger partial charge < -0.3 is 10.6 Å². The van der Waals surface area contributed by atoms with Gasteiger partial charge in [0.05, 0.1) is 6.20 Å². The third-order valence-corrected chi connectivity index (χ3v) is 3.28. The van der Waals surface area contributed by atoms with Crippen LogP contribution in [0.2, 0.25) is 5.02 Å². The SMILES string of the molecule is CCCCc1ccc(Nc2nc(NC)ncc2Cl)cc1. The van der Waals surface area contributed by atoms with Crippen molar-refractivity contribution in [2.75, 3.05) is 17.7 Å². The molecule has 0 saturated carbocycles. The molecule has 2 rings (SSSR count). The number of hydrogen-bond acceptors (Lipinski definition) is 4. The second kappa shape index (κ2) is 7.10. The van der Waals surface area contributed by atoms with E-state index in [1.165, 1.54) is 18.4 Å². The zero-order chi connectivity index (χ0) is 14.4. The number of aryl methyl sites for hydroxylation is 1. The lowest BCUT2D eigenvalue weighted by atomic mass is 10.1. The molecule has 1 aromatic heterocycles. The van der Waals surface area contributed by atoms with Crippen LogP contribution in [0.1, 0.15) is 25.3 Å². The van der Waals surface area contributed by atoms with Crippen LogP contribution >= 0.6 is 11.6 Å². The van der Waals surface area contributed by atoms with Crippen molar-refractivity contribution in [3.8, 4) is 0 Å². The summed E-state index contributed by atoms with van der Waals surface area (Å²) in [5.41, 5.74) is 2.31. The Kier molecular flexibility index (Phi) is 5.18. The van der Waals surface area contributed by atoms with Crippen molar-refractivity contribution < 1.29 is 0 Å². The Labute approximate surface area is 124 Å². The molecule has 0 saturated heterocycles. The molecule has 20 heavy (non-hydrogen) atoms. The smallest absolute Gasteiger partial charge is 0.224 e. The molecule has 0 spiro atoms. The van der Waals surface area contributed by atoms with Gasteiger partial charge in [-0.25, -0.2) is 4.98 Å². The molecule has 2 N–H and O–H groups in total. The summed E-state index contributed by atoms with van der Waals surface area (Å²) in [6.45, 7) is 2.20. The maximum absolute atomic E-state index is 6.09. The van der Waals surface area contributed by atoms with Crippen molar-refractivity contribution in [2.24, 2.45) is 0 Å². The van der Waals surface area contributed by atoms with Crippen molar-refractivity contribution in [1.82, 2.24) is 9.97 Å². The average molecular weight is 291 g/mol. The van der Waals surface area contributed by atoms with E-state index in [0.29, 0.717) is 16.8 Å². The molecule has 4 nitrogen and oxygen atoms in total. The molecule has 106 valence electrons. The van der Waals surface area contributed by atoms with E-state index < -0.39 is 0 Å². The Morgan fingerprint density at radius 2 is 1.95 bits per heavy atom. The van der Waals surface area contributed by atoms with E-state index in [0.717, 1.165) is 12.1 Å². The Bertz CT molecular complexity index is 554. The molecular formula is C15H19ClN4. The third kappa shape index (κ3) is 3.84. The highest BCUT2D eigenvalue weighted by molar-refractivity contribution is 6.32. The van der Waals surface area contributed by atoms with Gasteiger partial charge in [-0.1, -0.05) is 37.1 Å². The van der Waals surface area contributed by atoms with E-state index in [2.05, 4.69) is 39.7 Å². The molecule has 0 aliphatic heterocycles. The van der Waals surface area contributed by atoms with Crippen LogP contribution in [0.4, 0.5) is 17.5 Å². The summed E-state index contributed by atoms with van der Waals surface area (Å²) >= 11 is 6.09. The van der Waals surface area contributed by atoms with Gasteiger partial charge >= 0.3 is 0 Å². The van der Waals surface area contributed by atoms with Gasteiger partial charge in [0.1, 0.15) is 5.02 Å². The number of unbranched alkanes of at least 4 members (excludes halogenated alkanes) is 1. The van der Waals surface area contributed by atoms with Crippen LogP contribution in [0.5, 0.6) is 0 Å². The van der Waals surface area contributed by atoms with E-state index in [9.17, 15) is 0 Å². The van der Waals surface area contributed by atoms with Crippen LogP contribution in [0.15, 0.2) is 30.5 Å². The molecule has 0 aliphatic rings. The van der Waals surface area contributed by atoms with Crippen LogP contribution in [-0.2, 0) is 6.42 Å². The normalized spacial score (nSPS) is 10.3. The third-order valence-electron chi connectivity index (χ3n) is 3.00. The summed E-state index contributed by atoms with van der Waals surface area (Å²) in [4.78, 5) is 8.35. The van der Waals surface area contributed by atoms with Gasteiger partial charge in [0.2, 0.25) is 5.95 Å². The lowest BCUT2D eigenvalue weighted by molar-refractivity contribution is 0.795. The van der Waals surface area contributed by atoms with Gasteiger partial charge in [-0.05, 0) is 30.5 Å². The second-order valence-electron chi connectivity index (χ2n) is 4.57. The number of anilines is 3. The van der Waals surface area contributed by atoms with Crippen molar-refractivity contribution in [3.63, 3.8) is 0 Å². The Hall–Kier alpha value is -1.81. The van der Waals surface area contributed by atoms with Crippen molar-refractivity contribution in [1.29, 1.82) is 0 Å². The quantitative estimate of drug-likeness (QED) is 0.835. The van der Waals surface area contributed by atoms with Crippen molar-refractivity contribution in [3.05, 3.63) is 41.0 Å². The fourth-order valence-electron chi connectivity index (χ4n) is 1.85. The molecule has 0 unspecified atom stereocenters. The molecule has 1 aromatic carbocycles. The summed E-state index contributed by atoms with van der Waals surface area (Å²) in [6.07, 6.45) is 5.13. The molecule has 0 amide bonds. The zero-order valence-corrected chi connectivity index (χ0v) is 12.5. The van der Waals surface area contributed by atoms with Gasteiger partial charge in [-0.2, -0.15) is 4.98 Å². The number of nitrogens with zero attached hydrogens (tertiary/aromatic N) is 2. The summed E-state index contributed by atoms with van der Waals surface area (Å²) < 4.78 is 0. The van der Waals surface area contributed by atoms with Crippen molar-refractivity contribution in [2.45, 2.75) is 26.2 Å². The number of halogens is 1. The van der Waals surface area contributed by atoms with Gasteiger partial charge in [-0.15, -0.1) is 0 Å². The van der Waals surface area contributed by atoms with E-state index >= 15 is 0 Å². The number of aromatic nitrogens is 2. The maximum atomic E-state index is 6.09. The summed E-state index contributed by atoms with van der Waals surface area (Å²) in [5.74, 6) is 1.14. The van der Waals surface area contributed by atoms with E-state index in [4.69, 9.17) is 11.6 Å². The van der Waals surface area contributed by atoms with Gasteiger partial charge in [0, 0.05) is 12.7 Å². The molecule has 1 heterocycles. The minimum atomic E-state index is 0.499. The molecular weight excluding hydrogens is 272 g/mol. The predicted octanol–water partition coefficient (Wildman–Crippen LogP) is 4.26. The molecule has 2 aromatic rings. The number of rotatable bonds is 6. The van der Waals surface area contributed by atoms with E-state index in [-0.39, 0.29) is 0 Å². The Morgan fingerprint density at radius 3 is 2.60 bits per heavy atom.